The van der Waals surface area contributed by atoms with Gasteiger partial charge in [0, 0.05) is 13.0 Å². The Morgan fingerprint density at radius 2 is 2.00 bits per heavy atom. The molecule has 0 aromatic carbocycles. The minimum atomic E-state index is -0.257. The molecule has 0 aliphatic carbocycles. The number of hydrogen-bond acceptors (Lipinski definition) is 3. The summed E-state index contributed by atoms with van der Waals surface area (Å²) in [4.78, 5) is 14.7. The van der Waals surface area contributed by atoms with Gasteiger partial charge in [0.05, 0.1) is 11.6 Å². The van der Waals surface area contributed by atoms with Gasteiger partial charge in [-0.25, -0.2) is 0 Å². The summed E-state index contributed by atoms with van der Waals surface area (Å²) in [5.41, 5.74) is -0.257. The maximum Gasteiger partial charge on any atom is 0.152 e. The van der Waals surface area contributed by atoms with E-state index in [1.165, 1.54) is 25.7 Å². The molecule has 2 aliphatic rings. The maximum absolute atomic E-state index is 12.3. The lowest BCUT2D eigenvalue weighted by Crippen LogP contribution is -2.48. The Kier molecular flexibility index (Phi) is 4.79. The van der Waals surface area contributed by atoms with Crippen LogP contribution in [0.15, 0.2) is 0 Å². The van der Waals surface area contributed by atoms with Crippen molar-refractivity contribution < 1.29 is 9.53 Å². The molecule has 3 heteroatoms. The molecule has 0 bridgehead atoms. The number of ether oxygens (including phenoxy) is 1. The topological polar surface area (TPSA) is 29.5 Å². The van der Waals surface area contributed by atoms with Crippen molar-refractivity contribution in [2.75, 3.05) is 19.7 Å². The van der Waals surface area contributed by atoms with Gasteiger partial charge in [-0.05, 0) is 65.5 Å². The summed E-state index contributed by atoms with van der Waals surface area (Å²) in [6.07, 6.45) is 8.04. The van der Waals surface area contributed by atoms with E-state index < -0.39 is 0 Å². The average molecular weight is 253 g/mol. The van der Waals surface area contributed by atoms with Gasteiger partial charge in [0.25, 0.3) is 0 Å². The molecule has 3 nitrogen and oxygen atoms in total. The molecule has 0 aromatic rings. The molecule has 2 saturated heterocycles. The van der Waals surface area contributed by atoms with Gasteiger partial charge >= 0.3 is 0 Å². The highest BCUT2D eigenvalue weighted by Crippen LogP contribution is 2.25. The van der Waals surface area contributed by atoms with Crippen molar-refractivity contribution in [2.24, 2.45) is 0 Å². The Morgan fingerprint density at radius 1 is 1.28 bits per heavy atom. The monoisotopic (exact) mass is 253 g/mol. The van der Waals surface area contributed by atoms with E-state index in [-0.39, 0.29) is 5.54 Å². The molecule has 1 unspecified atom stereocenters. The van der Waals surface area contributed by atoms with Gasteiger partial charge in [0.2, 0.25) is 0 Å². The highest BCUT2D eigenvalue weighted by molar-refractivity contribution is 5.87. The van der Waals surface area contributed by atoms with Crippen LogP contribution in [0, 0.1) is 0 Å². The first-order valence-electron chi connectivity index (χ1n) is 7.50. The Morgan fingerprint density at radius 3 is 2.61 bits per heavy atom. The Bertz CT molecular complexity index is 276. The normalized spacial score (nSPS) is 25.8. The largest absolute Gasteiger partial charge is 0.378 e. The van der Waals surface area contributed by atoms with Crippen LogP contribution in [-0.2, 0) is 9.53 Å². The van der Waals surface area contributed by atoms with E-state index in [1.807, 2.05) is 0 Å². The fraction of sp³-hybridized carbons (Fsp3) is 0.933. The zero-order valence-electron chi connectivity index (χ0n) is 11.9. The predicted molar refractivity (Wildman–Crippen MR) is 72.7 cm³/mol. The van der Waals surface area contributed by atoms with Gasteiger partial charge in [-0.1, -0.05) is 0 Å². The summed E-state index contributed by atoms with van der Waals surface area (Å²) in [6, 6.07) is 0. The number of carbonyl (C=O) groups is 1. The molecular weight excluding hydrogens is 226 g/mol. The smallest absolute Gasteiger partial charge is 0.152 e. The van der Waals surface area contributed by atoms with E-state index >= 15 is 0 Å². The van der Waals surface area contributed by atoms with Gasteiger partial charge in [-0.2, -0.15) is 0 Å². The van der Waals surface area contributed by atoms with E-state index in [1.54, 1.807) is 0 Å². The molecule has 2 fully saturated rings. The number of rotatable bonds is 6. The number of ketones is 1. The quantitative estimate of drug-likeness (QED) is 0.729. The molecule has 0 saturated carbocycles. The van der Waals surface area contributed by atoms with E-state index in [0.717, 1.165) is 32.5 Å². The van der Waals surface area contributed by atoms with Gasteiger partial charge in [-0.15, -0.1) is 0 Å². The minimum absolute atomic E-state index is 0.257. The third-order valence-electron chi connectivity index (χ3n) is 4.53. The summed E-state index contributed by atoms with van der Waals surface area (Å²) in [6.45, 7) is 7.27. The number of nitrogens with zero attached hydrogens (tertiary/aromatic N) is 1. The van der Waals surface area contributed by atoms with Crippen LogP contribution in [0.1, 0.15) is 58.8 Å². The van der Waals surface area contributed by atoms with E-state index in [4.69, 9.17) is 4.74 Å². The van der Waals surface area contributed by atoms with Crippen LogP contribution in [0.2, 0.25) is 0 Å². The highest BCUT2D eigenvalue weighted by atomic mass is 16.5. The van der Waals surface area contributed by atoms with Gasteiger partial charge in [0.15, 0.2) is 5.78 Å². The second-order valence-corrected chi connectivity index (χ2v) is 6.20. The summed E-state index contributed by atoms with van der Waals surface area (Å²) in [5.74, 6) is 0.405. The zero-order chi connectivity index (χ0) is 13.0. The van der Waals surface area contributed by atoms with Crippen molar-refractivity contribution in [3.05, 3.63) is 0 Å². The van der Waals surface area contributed by atoms with E-state index in [0.29, 0.717) is 18.3 Å². The van der Waals surface area contributed by atoms with Crippen LogP contribution in [0.5, 0.6) is 0 Å². The standard InChI is InChI=1S/C15H27NO2/c1-15(2,16-10-3-4-11-16)14(17)9-5-7-13-8-6-12-18-13/h13H,3-12H2,1-2H3. The van der Waals surface area contributed by atoms with Crippen molar-refractivity contribution in [3.63, 3.8) is 0 Å². The van der Waals surface area contributed by atoms with Crippen LogP contribution in [0.3, 0.4) is 0 Å². The first-order valence-corrected chi connectivity index (χ1v) is 7.50. The molecule has 0 radical (unpaired) electrons. The van der Waals surface area contributed by atoms with Crippen LogP contribution in [0.25, 0.3) is 0 Å². The lowest BCUT2D eigenvalue weighted by atomic mass is 9.92. The molecule has 104 valence electrons. The summed E-state index contributed by atoms with van der Waals surface area (Å²) in [5, 5.41) is 0. The van der Waals surface area contributed by atoms with Crippen molar-refractivity contribution in [2.45, 2.75) is 70.4 Å². The molecule has 0 amide bonds. The second kappa shape index (κ2) is 6.16. The van der Waals surface area contributed by atoms with Gasteiger partial charge in [0.1, 0.15) is 0 Å². The van der Waals surface area contributed by atoms with Crippen molar-refractivity contribution in [1.29, 1.82) is 0 Å². The molecule has 2 aliphatic heterocycles. The first-order chi connectivity index (χ1) is 8.60. The summed E-state index contributed by atoms with van der Waals surface area (Å²) in [7, 11) is 0. The molecule has 0 spiro atoms. The highest BCUT2D eigenvalue weighted by Gasteiger charge is 2.35. The van der Waals surface area contributed by atoms with Crippen molar-refractivity contribution in [3.8, 4) is 0 Å². The second-order valence-electron chi connectivity index (χ2n) is 6.20. The number of likely N-dealkylation sites (tertiary alicyclic amines) is 1. The Hall–Kier alpha value is -0.410. The van der Waals surface area contributed by atoms with Crippen LogP contribution in [-0.4, -0.2) is 42.0 Å². The Labute approximate surface area is 111 Å². The molecular formula is C15H27NO2. The fourth-order valence-electron chi connectivity index (χ4n) is 3.12. The molecule has 2 rings (SSSR count). The van der Waals surface area contributed by atoms with Crippen molar-refractivity contribution >= 4 is 5.78 Å². The number of hydrogen-bond donors (Lipinski definition) is 0. The minimum Gasteiger partial charge on any atom is -0.378 e. The molecule has 1 atom stereocenters. The fourth-order valence-corrected chi connectivity index (χ4v) is 3.12. The summed E-state index contributed by atoms with van der Waals surface area (Å²) >= 11 is 0. The third kappa shape index (κ3) is 3.33. The van der Waals surface area contributed by atoms with Crippen LogP contribution in [0.4, 0.5) is 0 Å². The summed E-state index contributed by atoms with van der Waals surface area (Å²) < 4.78 is 5.60. The lowest BCUT2D eigenvalue weighted by Gasteiger charge is -2.34. The molecule has 2 heterocycles. The molecule has 0 aromatic heterocycles. The predicted octanol–water partition coefficient (Wildman–Crippen LogP) is 2.78. The maximum atomic E-state index is 12.3. The average Bonchev–Trinajstić information content (AvgIpc) is 3.02. The SMILES string of the molecule is CC(C)(C(=O)CCCC1CCCO1)N1CCCC1. The van der Waals surface area contributed by atoms with Crippen molar-refractivity contribution in [1.82, 2.24) is 4.90 Å². The van der Waals surface area contributed by atoms with Gasteiger partial charge < -0.3 is 4.74 Å². The van der Waals surface area contributed by atoms with Gasteiger partial charge in [-0.3, -0.25) is 9.69 Å². The number of Topliss-reactive ketones (excluding diaryl/α,β-unsaturated/α-hetero) is 1. The van der Waals surface area contributed by atoms with E-state index in [2.05, 4.69) is 18.7 Å². The first kappa shape index (κ1) is 14.0. The molecule has 18 heavy (non-hydrogen) atoms. The zero-order valence-corrected chi connectivity index (χ0v) is 11.9. The third-order valence-corrected chi connectivity index (χ3v) is 4.53. The van der Waals surface area contributed by atoms with E-state index in [9.17, 15) is 4.79 Å². The van der Waals surface area contributed by atoms with Crippen LogP contribution < -0.4 is 0 Å². The number of carbonyl (C=O) groups excluding carboxylic acids is 1. The van der Waals surface area contributed by atoms with Crippen LogP contribution >= 0.6 is 0 Å². The molecule has 0 N–H and O–H groups in total. The Balaban J connectivity index is 1.72. The lowest BCUT2D eigenvalue weighted by molar-refractivity contribution is -0.129.